The molecule has 0 spiro atoms. The topological polar surface area (TPSA) is 125 Å². The SMILES string of the molecule is COC(=O)N1C(C)=C[C@@H]2C=C[C@H]1C(C#N)(C#N)C2(C#N)C#N. The summed E-state index contributed by atoms with van der Waals surface area (Å²) in [6.07, 6.45) is 3.87. The molecule has 0 saturated carbocycles. The van der Waals surface area contributed by atoms with Crippen LogP contribution in [0.15, 0.2) is 23.9 Å². The van der Waals surface area contributed by atoms with Crippen molar-refractivity contribution in [1.29, 1.82) is 21.0 Å². The highest BCUT2D eigenvalue weighted by atomic mass is 16.5. The Morgan fingerprint density at radius 1 is 1.14 bits per heavy atom. The van der Waals surface area contributed by atoms with E-state index in [0.29, 0.717) is 5.70 Å². The summed E-state index contributed by atoms with van der Waals surface area (Å²) in [6, 6.07) is 6.26. The van der Waals surface area contributed by atoms with E-state index < -0.39 is 28.9 Å². The first kappa shape index (κ1) is 15.1. The minimum absolute atomic E-state index is 0.425. The van der Waals surface area contributed by atoms with Crippen LogP contribution < -0.4 is 0 Å². The molecule has 0 radical (unpaired) electrons. The number of rotatable bonds is 0. The number of carbonyl (C=O) groups excluding carboxylic acids is 1. The quantitative estimate of drug-likeness (QED) is 0.624. The van der Waals surface area contributed by atoms with Crippen molar-refractivity contribution in [1.82, 2.24) is 4.90 Å². The highest BCUT2D eigenvalue weighted by molar-refractivity contribution is 5.72. The van der Waals surface area contributed by atoms with Crippen molar-refractivity contribution in [2.24, 2.45) is 16.7 Å². The molecule has 0 aromatic heterocycles. The van der Waals surface area contributed by atoms with Crippen LogP contribution in [0.4, 0.5) is 4.79 Å². The standard InChI is InChI=1S/C15H11N5O2/c1-10-5-11-3-4-12(20(10)13(21)22-2)15(8-18,9-19)14(11,6-16)7-17/h3-5,11-12H,1-2H3/t11-,12-/m0/s1. The van der Waals surface area contributed by atoms with E-state index in [9.17, 15) is 25.8 Å². The smallest absolute Gasteiger partial charge is 0.414 e. The Kier molecular flexibility index (Phi) is 3.38. The molecule has 3 aliphatic rings. The van der Waals surface area contributed by atoms with Crippen molar-refractivity contribution in [2.75, 3.05) is 7.11 Å². The fourth-order valence-electron chi connectivity index (χ4n) is 3.07. The van der Waals surface area contributed by atoms with Crippen molar-refractivity contribution < 1.29 is 9.53 Å². The molecule has 22 heavy (non-hydrogen) atoms. The predicted molar refractivity (Wildman–Crippen MR) is 71.7 cm³/mol. The van der Waals surface area contributed by atoms with E-state index in [4.69, 9.17) is 4.74 Å². The highest BCUT2D eigenvalue weighted by Gasteiger charge is 2.67. The Labute approximate surface area is 127 Å². The van der Waals surface area contributed by atoms with Crippen LogP contribution in [0.1, 0.15) is 6.92 Å². The van der Waals surface area contributed by atoms with E-state index >= 15 is 0 Å². The second-order valence-electron chi connectivity index (χ2n) is 5.07. The van der Waals surface area contributed by atoms with Crippen molar-refractivity contribution in [3.8, 4) is 24.3 Å². The molecule has 2 atom stereocenters. The lowest BCUT2D eigenvalue weighted by atomic mass is 9.54. The van der Waals surface area contributed by atoms with Crippen LogP contribution in [0.5, 0.6) is 0 Å². The van der Waals surface area contributed by atoms with Crippen LogP contribution in [-0.2, 0) is 4.74 Å². The molecule has 7 heteroatoms. The van der Waals surface area contributed by atoms with E-state index in [2.05, 4.69) is 0 Å². The zero-order valence-corrected chi connectivity index (χ0v) is 11.9. The molecule has 0 N–H and O–H groups in total. The molecular formula is C15H11N5O2. The van der Waals surface area contributed by atoms with E-state index in [1.165, 1.54) is 19.3 Å². The summed E-state index contributed by atoms with van der Waals surface area (Å²) in [5, 5.41) is 38.4. The molecule has 0 fully saturated rings. The zero-order chi connectivity index (χ0) is 16.5. The number of hydrogen-bond donors (Lipinski definition) is 0. The van der Waals surface area contributed by atoms with Gasteiger partial charge in [-0.3, -0.25) is 4.90 Å². The molecule has 0 aromatic carbocycles. The van der Waals surface area contributed by atoms with Gasteiger partial charge in [0.15, 0.2) is 10.8 Å². The second kappa shape index (κ2) is 4.92. The number of nitrogens with zero attached hydrogens (tertiary/aromatic N) is 5. The summed E-state index contributed by atoms with van der Waals surface area (Å²) in [7, 11) is 1.18. The highest BCUT2D eigenvalue weighted by Crippen LogP contribution is 2.55. The fourth-order valence-corrected chi connectivity index (χ4v) is 3.07. The van der Waals surface area contributed by atoms with Gasteiger partial charge in [0.05, 0.1) is 37.4 Å². The molecule has 108 valence electrons. The van der Waals surface area contributed by atoms with Gasteiger partial charge in [-0.1, -0.05) is 18.2 Å². The zero-order valence-electron chi connectivity index (χ0n) is 11.9. The van der Waals surface area contributed by atoms with Crippen LogP contribution in [-0.4, -0.2) is 24.1 Å². The van der Waals surface area contributed by atoms with Gasteiger partial charge in [0.2, 0.25) is 0 Å². The van der Waals surface area contributed by atoms with Crippen LogP contribution in [0.25, 0.3) is 0 Å². The molecule has 0 aromatic rings. The number of ether oxygens (including phenoxy) is 1. The number of nitriles is 4. The van der Waals surface area contributed by atoms with Crippen molar-refractivity contribution in [2.45, 2.75) is 13.0 Å². The van der Waals surface area contributed by atoms with Gasteiger partial charge in [0.1, 0.15) is 0 Å². The maximum atomic E-state index is 12.1. The maximum absolute atomic E-state index is 12.1. The third kappa shape index (κ3) is 1.48. The summed E-state index contributed by atoms with van der Waals surface area (Å²) in [5.41, 5.74) is -3.49. The minimum Gasteiger partial charge on any atom is -0.452 e. The average molecular weight is 293 g/mol. The first-order valence-electron chi connectivity index (χ1n) is 6.37. The summed E-state index contributed by atoms with van der Waals surface area (Å²) in [4.78, 5) is 13.2. The number of allylic oxidation sites excluding steroid dienone is 3. The summed E-state index contributed by atoms with van der Waals surface area (Å²) in [5.74, 6) is -0.771. The Morgan fingerprint density at radius 3 is 2.14 bits per heavy atom. The molecule has 3 rings (SSSR count). The molecule has 1 amide bonds. The van der Waals surface area contributed by atoms with Gasteiger partial charge < -0.3 is 4.74 Å². The monoisotopic (exact) mass is 293 g/mol. The molecule has 0 unspecified atom stereocenters. The first-order chi connectivity index (χ1) is 10.5. The van der Waals surface area contributed by atoms with Gasteiger partial charge >= 0.3 is 6.09 Å². The molecular weight excluding hydrogens is 282 g/mol. The third-order valence-corrected chi connectivity index (χ3v) is 4.22. The minimum atomic E-state index is -2.02. The summed E-state index contributed by atoms with van der Waals surface area (Å²) < 4.78 is 4.71. The van der Waals surface area contributed by atoms with Gasteiger partial charge in [-0.2, -0.15) is 21.0 Å². The second-order valence-corrected chi connectivity index (χ2v) is 5.07. The van der Waals surface area contributed by atoms with Gasteiger partial charge in [-0.15, -0.1) is 0 Å². The van der Waals surface area contributed by atoms with Gasteiger partial charge in [-0.05, 0) is 6.92 Å². The van der Waals surface area contributed by atoms with E-state index in [1.54, 1.807) is 13.0 Å². The van der Waals surface area contributed by atoms with Crippen molar-refractivity contribution >= 4 is 6.09 Å². The normalized spacial score (nSPS) is 26.5. The molecule has 1 aliphatic carbocycles. The van der Waals surface area contributed by atoms with E-state index in [0.717, 1.165) is 4.90 Å². The number of methoxy groups -OCH3 is 1. The van der Waals surface area contributed by atoms with E-state index in [-0.39, 0.29) is 0 Å². The van der Waals surface area contributed by atoms with Gasteiger partial charge in [-0.25, -0.2) is 4.79 Å². The lowest BCUT2D eigenvalue weighted by Crippen LogP contribution is -2.56. The van der Waals surface area contributed by atoms with Gasteiger partial charge in [0.25, 0.3) is 0 Å². The average Bonchev–Trinajstić information content (AvgIpc) is 2.76. The molecule has 2 aliphatic heterocycles. The van der Waals surface area contributed by atoms with Crippen LogP contribution in [0, 0.1) is 62.1 Å². The molecule has 2 bridgehead atoms. The Morgan fingerprint density at radius 2 is 1.68 bits per heavy atom. The van der Waals surface area contributed by atoms with Crippen LogP contribution in [0.3, 0.4) is 0 Å². The third-order valence-electron chi connectivity index (χ3n) is 4.22. The largest absolute Gasteiger partial charge is 0.452 e. The Bertz CT molecular complexity index is 725. The van der Waals surface area contributed by atoms with Crippen molar-refractivity contribution in [3.05, 3.63) is 23.9 Å². The molecule has 2 heterocycles. The lowest BCUT2D eigenvalue weighted by Gasteiger charge is -2.42. The summed E-state index contributed by atoms with van der Waals surface area (Å²) >= 11 is 0. The maximum Gasteiger partial charge on any atom is 0.414 e. The Hall–Kier alpha value is -3.29. The number of hydrogen-bond acceptors (Lipinski definition) is 6. The summed E-state index contributed by atoms with van der Waals surface area (Å²) in [6.45, 7) is 1.61. The van der Waals surface area contributed by atoms with Crippen LogP contribution >= 0.6 is 0 Å². The van der Waals surface area contributed by atoms with Crippen molar-refractivity contribution in [3.63, 3.8) is 0 Å². The van der Waals surface area contributed by atoms with E-state index in [1.807, 2.05) is 24.3 Å². The van der Waals surface area contributed by atoms with Gasteiger partial charge in [0, 0.05) is 11.6 Å². The first-order valence-corrected chi connectivity index (χ1v) is 6.37. The fraction of sp³-hybridized carbons (Fsp3) is 0.400. The predicted octanol–water partition coefficient (Wildman–Crippen LogP) is 1.59. The molecule has 7 nitrogen and oxygen atoms in total. The molecule has 0 saturated heterocycles. The lowest BCUT2D eigenvalue weighted by molar-refractivity contribution is 0.0957. The van der Waals surface area contributed by atoms with Crippen LogP contribution in [0.2, 0.25) is 0 Å². The number of fused-ring (bicyclic) bond motifs is 2. The number of carbonyl (C=O) groups is 1. The Balaban J connectivity index is 2.86. The number of amides is 1.